The maximum Gasteiger partial charge on any atom is 0.111 e. The van der Waals surface area contributed by atoms with Crippen LogP contribution in [0.2, 0.25) is 0 Å². The number of thioether (sulfide) groups is 1. The summed E-state index contributed by atoms with van der Waals surface area (Å²) in [6.07, 6.45) is 0.749. The highest BCUT2D eigenvalue weighted by atomic mass is 35.5. The highest BCUT2D eigenvalue weighted by Gasteiger charge is 2.16. The van der Waals surface area contributed by atoms with E-state index in [-0.39, 0.29) is 0 Å². The summed E-state index contributed by atoms with van der Waals surface area (Å²) in [6, 6.07) is 8.20. The number of alkyl halides is 1. The highest BCUT2D eigenvalue weighted by Crippen LogP contribution is 2.25. The Morgan fingerprint density at radius 3 is 2.95 bits per heavy atom. The second-order valence-electron chi connectivity index (χ2n) is 4.66. The summed E-state index contributed by atoms with van der Waals surface area (Å²) in [6.45, 7) is 4.36. The van der Waals surface area contributed by atoms with Crippen molar-refractivity contribution in [2.75, 3.05) is 17.4 Å². The summed E-state index contributed by atoms with van der Waals surface area (Å²) in [7, 11) is 0. The number of aromatic nitrogens is 2. The molecule has 0 fully saturated rings. The first-order valence-corrected chi connectivity index (χ1v) is 8.44. The molecule has 0 saturated carbocycles. The zero-order chi connectivity index (χ0) is 14.5. The molecule has 0 amide bonds. The maximum atomic E-state index is 9.07. The molecule has 2 rings (SSSR count). The second kappa shape index (κ2) is 7.01. The molecule has 0 saturated heterocycles. The van der Waals surface area contributed by atoms with Crippen LogP contribution in [0.3, 0.4) is 0 Å². The van der Waals surface area contributed by atoms with Crippen LogP contribution in [0, 0.1) is 11.3 Å². The average molecular weight is 308 g/mol. The molecule has 106 valence electrons. The number of fused-ring (bicyclic) bond motifs is 1. The normalized spacial score (nSPS) is 12.5. The molecule has 5 heteroatoms. The largest absolute Gasteiger partial charge is 0.324 e. The molecular formula is C15H18ClN3S. The van der Waals surface area contributed by atoms with E-state index >= 15 is 0 Å². The molecule has 0 N–H and O–H groups in total. The van der Waals surface area contributed by atoms with E-state index < -0.39 is 0 Å². The number of benzene rings is 1. The van der Waals surface area contributed by atoms with Crippen molar-refractivity contribution < 1.29 is 0 Å². The molecule has 0 aliphatic rings. The van der Waals surface area contributed by atoms with Gasteiger partial charge in [-0.1, -0.05) is 6.92 Å². The lowest BCUT2D eigenvalue weighted by Crippen LogP contribution is -2.12. The van der Waals surface area contributed by atoms with Gasteiger partial charge in [-0.15, -0.1) is 11.6 Å². The summed E-state index contributed by atoms with van der Waals surface area (Å²) in [5.74, 6) is 3.70. The molecule has 1 atom stereocenters. The Bertz CT molecular complexity index is 630. The van der Waals surface area contributed by atoms with Crippen molar-refractivity contribution >= 4 is 34.4 Å². The van der Waals surface area contributed by atoms with Crippen LogP contribution in [0.15, 0.2) is 18.2 Å². The smallest absolute Gasteiger partial charge is 0.111 e. The predicted molar refractivity (Wildman–Crippen MR) is 86.6 cm³/mol. The van der Waals surface area contributed by atoms with Crippen LogP contribution >= 0.6 is 23.4 Å². The lowest BCUT2D eigenvalue weighted by atomic mass is 10.2. The van der Waals surface area contributed by atoms with E-state index in [0.29, 0.717) is 17.5 Å². The Kier molecular flexibility index (Phi) is 5.33. The van der Waals surface area contributed by atoms with Crippen molar-refractivity contribution in [3.05, 3.63) is 29.6 Å². The predicted octanol–water partition coefficient (Wildman–Crippen LogP) is 4.00. The Morgan fingerprint density at radius 1 is 1.50 bits per heavy atom. The van der Waals surface area contributed by atoms with Crippen molar-refractivity contribution in [1.29, 1.82) is 5.26 Å². The third kappa shape index (κ3) is 3.11. The molecule has 2 aromatic rings. The van der Waals surface area contributed by atoms with E-state index in [0.717, 1.165) is 34.8 Å². The average Bonchev–Trinajstić information content (AvgIpc) is 2.82. The molecule has 3 nitrogen and oxygen atoms in total. The number of nitriles is 1. The van der Waals surface area contributed by atoms with Gasteiger partial charge in [0.2, 0.25) is 0 Å². The van der Waals surface area contributed by atoms with E-state index in [1.807, 2.05) is 30.0 Å². The van der Waals surface area contributed by atoms with Crippen molar-refractivity contribution in [3.8, 4) is 6.07 Å². The van der Waals surface area contributed by atoms with Gasteiger partial charge in [0.25, 0.3) is 0 Å². The molecule has 0 radical (unpaired) electrons. The third-order valence-electron chi connectivity index (χ3n) is 3.21. The van der Waals surface area contributed by atoms with Crippen molar-refractivity contribution in [2.24, 2.45) is 0 Å². The number of imidazole rings is 1. The summed E-state index contributed by atoms with van der Waals surface area (Å²) >= 11 is 7.81. The number of hydrogen-bond donors (Lipinski definition) is 0. The minimum Gasteiger partial charge on any atom is -0.324 e. The minimum atomic E-state index is 0.345. The van der Waals surface area contributed by atoms with Gasteiger partial charge in [-0.25, -0.2) is 4.98 Å². The zero-order valence-electron chi connectivity index (χ0n) is 11.8. The van der Waals surface area contributed by atoms with Gasteiger partial charge >= 0.3 is 0 Å². The first-order valence-electron chi connectivity index (χ1n) is 6.76. The molecule has 1 aromatic heterocycles. The van der Waals surface area contributed by atoms with Crippen LogP contribution in [-0.4, -0.2) is 26.9 Å². The Hall–Kier alpha value is -1.18. The van der Waals surface area contributed by atoms with Crippen LogP contribution in [0.25, 0.3) is 11.0 Å². The molecule has 0 spiro atoms. The van der Waals surface area contributed by atoms with Gasteiger partial charge in [-0.3, -0.25) is 0 Å². The summed E-state index contributed by atoms with van der Waals surface area (Å²) in [5.41, 5.74) is 2.65. The van der Waals surface area contributed by atoms with E-state index in [2.05, 4.69) is 29.5 Å². The fourth-order valence-corrected chi connectivity index (χ4v) is 3.22. The Balaban J connectivity index is 2.51. The molecule has 0 bridgehead atoms. The SMILES string of the molecule is CCSCC(C)n1c(CCCl)nc2ccc(C#N)cc21. The minimum absolute atomic E-state index is 0.345. The van der Waals surface area contributed by atoms with Crippen LogP contribution in [0.5, 0.6) is 0 Å². The van der Waals surface area contributed by atoms with Crippen LogP contribution in [-0.2, 0) is 6.42 Å². The van der Waals surface area contributed by atoms with Gasteiger partial charge in [0.15, 0.2) is 0 Å². The zero-order valence-corrected chi connectivity index (χ0v) is 13.3. The molecule has 0 aliphatic carbocycles. The first kappa shape index (κ1) is 15.2. The van der Waals surface area contributed by atoms with Crippen LogP contribution < -0.4 is 0 Å². The Morgan fingerprint density at radius 2 is 2.30 bits per heavy atom. The maximum absolute atomic E-state index is 9.07. The van der Waals surface area contributed by atoms with E-state index in [9.17, 15) is 0 Å². The number of rotatable bonds is 6. The number of aryl methyl sites for hydroxylation is 1. The van der Waals surface area contributed by atoms with E-state index in [1.54, 1.807) is 0 Å². The summed E-state index contributed by atoms with van der Waals surface area (Å²) < 4.78 is 2.24. The van der Waals surface area contributed by atoms with Gasteiger partial charge in [-0.2, -0.15) is 17.0 Å². The van der Waals surface area contributed by atoms with Gasteiger partial charge < -0.3 is 4.57 Å². The van der Waals surface area contributed by atoms with Gasteiger partial charge in [0.1, 0.15) is 5.82 Å². The number of nitrogens with zero attached hydrogens (tertiary/aromatic N) is 3. The topological polar surface area (TPSA) is 41.6 Å². The van der Waals surface area contributed by atoms with Gasteiger partial charge in [-0.05, 0) is 30.9 Å². The quantitative estimate of drug-likeness (QED) is 0.757. The van der Waals surface area contributed by atoms with Crippen LogP contribution in [0.1, 0.15) is 31.3 Å². The fourth-order valence-electron chi connectivity index (χ4n) is 2.33. The highest BCUT2D eigenvalue weighted by molar-refractivity contribution is 7.99. The molecule has 0 aliphatic heterocycles. The monoisotopic (exact) mass is 307 g/mol. The molecular weight excluding hydrogens is 290 g/mol. The summed E-state index contributed by atoms with van der Waals surface area (Å²) in [5, 5.41) is 9.07. The van der Waals surface area contributed by atoms with Gasteiger partial charge in [0, 0.05) is 24.1 Å². The fraction of sp³-hybridized carbons (Fsp3) is 0.467. The molecule has 1 heterocycles. The first-order chi connectivity index (χ1) is 9.71. The molecule has 20 heavy (non-hydrogen) atoms. The number of halogens is 1. The standard InChI is InChI=1S/C15H18ClN3S/c1-3-20-10-11(2)19-14-8-12(9-17)4-5-13(14)18-15(19)6-7-16/h4-5,8,11H,3,6-7,10H2,1-2H3. The lowest BCUT2D eigenvalue weighted by Gasteiger charge is -2.17. The number of hydrogen-bond acceptors (Lipinski definition) is 3. The second-order valence-corrected chi connectivity index (χ2v) is 6.36. The van der Waals surface area contributed by atoms with Crippen molar-refractivity contribution in [1.82, 2.24) is 9.55 Å². The summed E-state index contributed by atoms with van der Waals surface area (Å²) in [4.78, 5) is 4.67. The van der Waals surface area contributed by atoms with Crippen LogP contribution in [0.4, 0.5) is 0 Å². The molecule has 1 unspecified atom stereocenters. The van der Waals surface area contributed by atoms with Crippen molar-refractivity contribution in [3.63, 3.8) is 0 Å². The van der Waals surface area contributed by atoms with E-state index in [1.165, 1.54) is 0 Å². The molecule has 1 aromatic carbocycles. The Labute approximate surface area is 128 Å². The lowest BCUT2D eigenvalue weighted by molar-refractivity contribution is 0.597. The van der Waals surface area contributed by atoms with Gasteiger partial charge in [0.05, 0.1) is 22.7 Å². The third-order valence-corrected chi connectivity index (χ3v) is 4.53. The van der Waals surface area contributed by atoms with E-state index in [4.69, 9.17) is 16.9 Å². The van der Waals surface area contributed by atoms with Crippen molar-refractivity contribution in [2.45, 2.75) is 26.3 Å².